The van der Waals surface area contributed by atoms with Gasteiger partial charge in [-0.3, -0.25) is 0 Å². The standard InChI is InChI=1S/C12H13FN2S/c1-8-3-4-10(13)11(7-8)15-9(2)12-14-5-6-16-12/h3-7,9,15H,1-2H3. The largest absolute Gasteiger partial charge is 0.374 e. The second kappa shape index (κ2) is 4.61. The highest BCUT2D eigenvalue weighted by Crippen LogP contribution is 2.23. The molecule has 0 amide bonds. The molecule has 2 aromatic rings. The molecule has 1 heterocycles. The zero-order valence-corrected chi connectivity index (χ0v) is 10.0. The Bertz CT molecular complexity index is 468. The maximum atomic E-state index is 13.5. The van der Waals surface area contributed by atoms with Crippen LogP contribution in [0.4, 0.5) is 10.1 Å². The third-order valence-electron chi connectivity index (χ3n) is 2.32. The molecule has 0 aliphatic heterocycles. The highest BCUT2D eigenvalue weighted by molar-refractivity contribution is 7.09. The lowest BCUT2D eigenvalue weighted by Gasteiger charge is -2.13. The number of benzene rings is 1. The second-order valence-corrected chi connectivity index (χ2v) is 4.65. The van der Waals surface area contributed by atoms with Gasteiger partial charge in [0.1, 0.15) is 10.8 Å². The predicted octanol–water partition coefficient (Wildman–Crippen LogP) is 3.76. The molecule has 0 saturated carbocycles. The lowest BCUT2D eigenvalue weighted by Crippen LogP contribution is -2.07. The quantitative estimate of drug-likeness (QED) is 0.877. The van der Waals surface area contributed by atoms with E-state index in [9.17, 15) is 4.39 Å². The van der Waals surface area contributed by atoms with Gasteiger partial charge in [0.25, 0.3) is 0 Å². The minimum Gasteiger partial charge on any atom is -0.374 e. The van der Waals surface area contributed by atoms with Crippen molar-refractivity contribution < 1.29 is 4.39 Å². The van der Waals surface area contributed by atoms with Gasteiger partial charge in [-0.15, -0.1) is 11.3 Å². The summed E-state index contributed by atoms with van der Waals surface area (Å²) in [6.45, 7) is 3.92. The molecule has 16 heavy (non-hydrogen) atoms. The van der Waals surface area contributed by atoms with Crippen LogP contribution in [-0.2, 0) is 0 Å². The molecule has 0 aliphatic rings. The van der Waals surface area contributed by atoms with Gasteiger partial charge in [-0.2, -0.15) is 0 Å². The van der Waals surface area contributed by atoms with Crippen molar-refractivity contribution in [1.29, 1.82) is 0 Å². The van der Waals surface area contributed by atoms with Crippen LogP contribution in [0.3, 0.4) is 0 Å². The van der Waals surface area contributed by atoms with E-state index in [0.29, 0.717) is 5.69 Å². The maximum absolute atomic E-state index is 13.5. The normalized spacial score (nSPS) is 12.4. The predicted molar refractivity (Wildman–Crippen MR) is 65.3 cm³/mol. The molecular formula is C12H13FN2S. The summed E-state index contributed by atoms with van der Waals surface area (Å²) >= 11 is 1.56. The summed E-state index contributed by atoms with van der Waals surface area (Å²) in [7, 11) is 0. The molecule has 2 nitrogen and oxygen atoms in total. The number of nitrogens with zero attached hydrogens (tertiary/aromatic N) is 1. The van der Waals surface area contributed by atoms with Gasteiger partial charge in [-0.05, 0) is 31.5 Å². The number of thiazole rings is 1. The Hall–Kier alpha value is -1.42. The summed E-state index contributed by atoms with van der Waals surface area (Å²) < 4.78 is 13.5. The Labute approximate surface area is 98.2 Å². The molecular weight excluding hydrogens is 223 g/mol. The molecule has 0 radical (unpaired) electrons. The van der Waals surface area contributed by atoms with E-state index < -0.39 is 0 Å². The van der Waals surface area contributed by atoms with Gasteiger partial charge in [0, 0.05) is 11.6 Å². The minimum atomic E-state index is -0.228. The van der Waals surface area contributed by atoms with E-state index in [1.54, 1.807) is 29.7 Å². The molecule has 0 fully saturated rings. The fourth-order valence-corrected chi connectivity index (χ4v) is 2.14. The van der Waals surface area contributed by atoms with Crippen molar-refractivity contribution in [3.05, 3.63) is 46.2 Å². The fourth-order valence-electron chi connectivity index (χ4n) is 1.49. The first-order chi connectivity index (χ1) is 7.66. The van der Waals surface area contributed by atoms with E-state index >= 15 is 0 Å². The number of aryl methyl sites for hydroxylation is 1. The van der Waals surface area contributed by atoms with Crippen molar-refractivity contribution >= 4 is 17.0 Å². The van der Waals surface area contributed by atoms with E-state index in [1.165, 1.54) is 6.07 Å². The molecule has 1 N–H and O–H groups in total. The van der Waals surface area contributed by atoms with Crippen LogP contribution in [-0.4, -0.2) is 4.98 Å². The van der Waals surface area contributed by atoms with Crippen molar-refractivity contribution in [2.45, 2.75) is 19.9 Å². The van der Waals surface area contributed by atoms with Crippen molar-refractivity contribution in [2.75, 3.05) is 5.32 Å². The van der Waals surface area contributed by atoms with Gasteiger partial charge in [-0.25, -0.2) is 9.37 Å². The van der Waals surface area contributed by atoms with Gasteiger partial charge >= 0.3 is 0 Å². The fraction of sp³-hybridized carbons (Fsp3) is 0.250. The van der Waals surface area contributed by atoms with Crippen molar-refractivity contribution in [2.24, 2.45) is 0 Å². The van der Waals surface area contributed by atoms with Crippen molar-refractivity contribution in [3.63, 3.8) is 0 Å². The summed E-state index contributed by atoms with van der Waals surface area (Å²) in [5.41, 5.74) is 1.57. The molecule has 1 unspecified atom stereocenters. The molecule has 0 aliphatic carbocycles. The average molecular weight is 236 g/mol. The Morgan fingerprint density at radius 2 is 2.25 bits per heavy atom. The lowest BCUT2D eigenvalue weighted by atomic mass is 10.2. The van der Waals surface area contributed by atoms with E-state index in [2.05, 4.69) is 10.3 Å². The Morgan fingerprint density at radius 1 is 1.44 bits per heavy atom. The molecule has 1 aromatic heterocycles. The number of halogens is 1. The molecule has 4 heteroatoms. The van der Waals surface area contributed by atoms with E-state index in [4.69, 9.17) is 0 Å². The molecule has 1 atom stereocenters. The van der Waals surface area contributed by atoms with E-state index in [0.717, 1.165) is 10.6 Å². The van der Waals surface area contributed by atoms with Crippen LogP contribution in [0.5, 0.6) is 0 Å². The van der Waals surface area contributed by atoms with Crippen molar-refractivity contribution in [1.82, 2.24) is 4.98 Å². The number of hydrogen-bond acceptors (Lipinski definition) is 3. The van der Waals surface area contributed by atoms with Crippen LogP contribution in [0, 0.1) is 12.7 Å². The average Bonchev–Trinajstić information content (AvgIpc) is 2.76. The van der Waals surface area contributed by atoms with Gasteiger partial charge in [0.05, 0.1) is 11.7 Å². The monoisotopic (exact) mass is 236 g/mol. The Morgan fingerprint density at radius 3 is 2.94 bits per heavy atom. The molecule has 1 aromatic carbocycles. The van der Waals surface area contributed by atoms with Crippen LogP contribution in [0.2, 0.25) is 0 Å². The van der Waals surface area contributed by atoms with E-state index in [1.807, 2.05) is 19.2 Å². The van der Waals surface area contributed by atoms with Crippen LogP contribution in [0.1, 0.15) is 23.5 Å². The van der Waals surface area contributed by atoms with Gasteiger partial charge in [0.2, 0.25) is 0 Å². The number of rotatable bonds is 3. The Balaban J connectivity index is 2.17. The van der Waals surface area contributed by atoms with Crippen LogP contribution >= 0.6 is 11.3 Å². The minimum absolute atomic E-state index is 0.0244. The van der Waals surface area contributed by atoms with Gasteiger partial charge in [-0.1, -0.05) is 6.07 Å². The summed E-state index contributed by atoms with van der Waals surface area (Å²) in [6, 6.07) is 5.07. The summed E-state index contributed by atoms with van der Waals surface area (Å²) in [5.74, 6) is -0.228. The van der Waals surface area contributed by atoms with E-state index in [-0.39, 0.29) is 11.9 Å². The number of hydrogen-bond donors (Lipinski definition) is 1. The number of aromatic nitrogens is 1. The zero-order valence-electron chi connectivity index (χ0n) is 9.20. The topological polar surface area (TPSA) is 24.9 Å². The van der Waals surface area contributed by atoms with Crippen LogP contribution < -0.4 is 5.32 Å². The smallest absolute Gasteiger partial charge is 0.146 e. The molecule has 84 valence electrons. The third-order valence-corrected chi connectivity index (χ3v) is 3.27. The number of nitrogens with one attached hydrogen (secondary N) is 1. The summed E-state index contributed by atoms with van der Waals surface area (Å²) in [5, 5.41) is 6.00. The number of anilines is 1. The molecule has 0 bridgehead atoms. The third kappa shape index (κ3) is 2.39. The van der Waals surface area contributed by atoms with Crippen molar-refractivity contribution in [3.8, 4) is 0 Å². The first-order valence-corrected chi connectivity index (χ1v) is 5.97. The second-order valence-electron chi connectivity index (χ2n) is 3.72. The lowest BCUT2D eigenvalue weighted by molar-refractivity contribution is 0.627. The summed E-state index contributed by atoms with van der Waals surface area (Å²) in [6.07, 6.45) is 1.75. The SMILES string of the molecule is Cc1ccc(F)c(NC(C)c2nccs2)c1. The highest BCUT2D eigenvalue weighted by atomic mass is 32.1. The van der Waals surface area contributed by atoms with Gasteiger partial charge in [0.15, 0.2) is 0 Å². The Kier molecular flexibility index (Phi) is 3.19. The van der Waals surface area contributed by atoms with Crippen LogP contribution in [0.15, 0.2) is 29.8 Å². The molecule has 0 saturated heterocycles. The summed E-state index contributed by atoms with van der Waals surface area (Å²) in [4.78, 5) is 4.20. The maximum Gasteiger partial charge on any atom is 0.146 e. The van der Waals surface area contributed by atoms with Crippen LogP contribution in [0.25, 0.3) is 0 Å². The first-order valence-electron chi connectivity index (χ1n) is 5.09. The van der Waals surface area contributed by atoms with Gasteiger partial charge < -0.3 is 5.32 Å². The highest BCUT2D eigenvalue weighted by Gasteiger charge is 2.10. The molecule has 0 spiro atoms. The zero-order chi connectivity index (χ0) is 11.5. The molecule has 2 rings (SSSR count). The first kappa shape index (κ1) is 11.1.